The normalized spacial score (nSPS) is 15.6. The molecule has 0 saturated carbocycles. The number of rotatable bonds is 43. The monoisotopic (exact) mass is 1330 g/mol. The number of amides is 10. The molecule has 33 heteroatoms. The molecule has 22 N–H and O–H groups in total. The number of benzene rings is 2. The van der Waals surface area contributed by atoms with E-state index in [1.807, 2.05) is 0 Å². The summed E-state index contributed by atoms with van der Waals surface area (Å²) in [7, 11) is 0. The maximum atomic E-state index is 14.4. The molecule has 2 rings (SSSR count). The van der Waals surface area contributed by atoms with Gasteiger partial charge >= 0.3 is 17.9 Å². The van der Waals surface area contributed by atoms with Gasteiger partial charge in [0.25, 0.3) is 0 Å². The van der Waals surface area contributed by atoms with Crippen molar-refractivity contribution in [2.24, 2.45) is 39.9 Å². The predicted molar refractivity (Wildman–Crippen MR) is 338 cm³/mol. The van der Waals surface area contributed by atoms with E-state index in [-0.39, 0.29) is 63.4 Å². The number of nitrogens with two attached hydrogens (primary N) is 3. The second kappa shape index (κ2) is 41.3. The van der Waals surface area contributed by atoms with E-state index in [0.29, 0.717) is 17.5 Å². The summed E-state index contributed by atoms with van der Waals surface area (Å²) < 4.78 is 0. The summed E-state index contributed by atoms with van der Waals surface area (Å²) in [6.07, 6.45) is -3.90. The molecule has 522 valence electrons. The third kappa shape index (κ3) is 28.7. The van der Waals surface area contributed by atoms with Crippen molar-refractivity contribution in [1.29, 1.82) is 0 Å². The van der Waals surface area contributed by atoms with Gasteiger partial charge in [0.05, 0.1) is 31.8 Å². The number of nitrogens with zero attached hydrogens (tertiary/aromatic N) is 1. The Hall–Kier alpha value is -9.34. The first-order chi connectivity index (χ1) is 44.3. The topological polar surface area (TPSA) is 554 Å². The Labute approximate surface area is 544 Å². The molecule has 0 aliphatic carbocycles. The summed E-state index contributed by atoms with van der Waals surface area (Å²) >= 11 is 0. The fourth-order valence-electron chi connectivity index (χ4n) is 9.17. The summed E-state index contributed by atoms with van der Waals surface area (Å²) in [5.41, 5.74) is 17.9. The van der Waals surface area contributed by atoms with Crippen molar-refractivity contribution < 1.29 is 93.0 Å². The van der Waals surface area contributed by atoms with Gasteiger partial charge in [-0.3, -0.25) is 62.5 Å². The number of aliphatic hydroxyl groups excluding tert-OH is 3. The van der Waals surface area contributed by atoms with Gasteiger partial charge in [-0.05, 0) is 61.5 Å². The highest BCUT2D eigenvalue weighted by molar-refractivity contribution is 6.00. The Kier molecular flexibility index (Phi) is 35.5. The molecule has 94 heavy (non-hydrogen) atoms. The van der Waals surface area contributed by atoms with Crippen LogP contribution in [-0.4, -0.2) is 206 Å². The molecule has 33 nitrogen and oxygen atoms in total. The van der Waals surface area contributed by atoms with Crippen molar-refractivity contribution in [2.45, 2.75) is 185 Å². The van der Waals surface area contributed by atoms with Crippen LogP contribution in [0.3, 0.4) is 0 Å². The minimum absolute atomic E-state index is 0.0276. The van der Waals surface area contributed by atoms with E-state index in [4.69, 9.17) is 17.2 Å². The maximum Gasteiger partial charge on any atom is 0.326 e. The van der Waals surface area contributed by atoms with E-state index in [0.717, 1.165) is 6.92 Å². The fourth-order valence-corrected chi connectivity index (χ4v) is 9.17. The molecule has 0 aliphatic rings. The number of aliphatic imine (C=N–C) groups is 1. The van der Waals surface area contributed by atoms with Crippen LogP contribution in [0.4, 0.5) is 0 Å². The Morgan fingerprint density at radius 3 is 1.32 bits per heavy atom. The van der Waals surface area contributed by atoms with Crippen molar-refractivity contribution in [2.75, 3.05) is 19.8 Å². The van der Waals surface area contributed by atoms with Crippen LogP contribution in [0.5, 0.6) is 0 Å². The highest BCUT2D eigenvalue weighted by Gasteiger charge is 2.39. The maximum absolute atomic E-state index is 14.4. The smallest absolute Gasteiger partial charge is 0.326 e. The van der Waals surface area contributed by atoms with Gasteiger partial charge in [-0.1, -0.05) is 115 Å². The molecule has 0 aliphatic heterocycles. The Bertz CT molecular complexity index is 2900. The summed E-state index contributed by atoms with van der Waals surface area (Å²) in [6, 6.07) is -1.59. The molecule has 0 spiro atoms. The van der Waals surface area contributed by atoms with Gasteiger partial charge in [-0.25, -0.2) is 4.79 Å². The average Bonchev–Trinajstić information content (AvgIpc) is 0.941. The summed E-state index contributed by atoms with van der Waals surface area (Å²) in [5, 5.41) is 84.4. The highest BCUT2D eigenvalue weighted by atomic mass is 16.4. The molecular formula is C61H94N14O19. The van der Waals surface area contributed by atoms with Crippen LogP contribution in [0.15, 0.2) is 65.7 Å². The van der Waals surface area contributed by atoms with Gasteiger partial charge in [0.1, 0.15) is 60.4 Å². The molecule has 0 saturated heterocycles. The number of nitrogens with one attached hydrogen (secondary N) is 10. The SMILES string of the molecule is CC[C@H](C)[C@H](N)C(=O)N[C@@H](CCC(=O)O)C(=O)N[C@H](C(=O)N[C@@H](Cc1ccccc1)C(=O)N[C@H](C(=O)N[C@@H](CC(=O)O)C(=O)N[C@@H](CC(C)C)C(=O)N[C@@H](CO)C(=O)N[C@@H](CO)C(=O)N[C@@H](CCCN=C(N)N)C(=O)N[C@@H](Cc1ccccc1)C(=O)O)[C@@H](C)O)[C@@H](C)CC. The molecule has 10 amide bonds. The van der Waals surface area contributed by atoms with E-state index in [2.05, 4.69) is 58.2 Å². The lowest BCUT2D eigenvalue weighted by Gasteiger charge is -2.30. The zero-order valence-electron chi connectivity index (χ0n) is 53.8. The Balaban J connectivity index is 2.40. The van der Waals surface area contributed by atoms with Gasteiger partial charge in [0, 0.05) is 25.8 Å². The van der Waals surface area contributed by atoms with Gasteiger partial charge in [-0.2, -0.15) is 0 Å². The predicted octanol–water partition coefficient (Wildman–Crippen LogP) is -4.37. The minimum atomic E-state index is -2.06. The molecule has 0 heterocycles. The quantitative estimate of drug-likeness (QED) is 0.0169. The Morgan fingerprint density at radius 1 is 0.457 bits per heavy atom. The van der Waals surface area contributed by atoms with Crippen molar-refractivity contribution >= 4 is 82.9 Å². The Morgan fingerprint density at radius 2 is 0.851 bits per heavy atom. The molecule has 0 fully saturated rings. The molecule has 0 radical (unpaired) electrons. The van der Waals surface area contributed by atoms with E-state index in [1.165, 1.54) is 0 Å². The van der Waals surface area contributed by atoms with E-state index in [9.17, 15) is 93.0 Å². The fraction of sp³-hybridized carbons (Fsp3) is 0.574. The lowest BCUT2D eigenvalue weighted by molar-refractivity contribution is -0.142. The highest BCUT2D eigenvalue weighted by Crippen LogP contribution is 2.15. The van der Waals surface area contributed by atoms with Crippen molar-refractivity contribution in [3.8, 4) is 0 Å². The average molecular weight is 1330 g/mol. The van der Waals surface area contributed by atoms with Crippen LogP contribution in [0.2, 0.25) is 0 Å². The first-order valence-corrected chi connectivity index (χ1v) is 30.8. The first kappa shape index (κ1) is 80.8. The lowest BCUT2D eigenvalue weighted by Crippen LogP contribution is -2.63. The first-order valence-electron chi connectivity index (χ1n) is 30.8. The number of hydrogen-bond donors (Lipinski definition) is 19. The molecule has 0 bridgehead atoms. The van der Waals surface area contributed by atoms with E-state index in [1.54, 1.807) is 102 Å². The van der Waals surface area contributed by atoms with Crippen LogP contribution in [-0.2, 0) is 75.2 Å². The molecule has 0 unspecified atom stereocenters. The van der Waals surface area contributed by atoms with Crippen molar-refractivity contribution in [3.63, 3.8) is 0 Å². The van der Waals surface area contributed by atoms with Crippen LogP contribution in [0.25, 0.3) is 0 Å². The number of carbonyl (C=O) groups excluding carboxylic acids is 10. The number of carbonyl (C=O) groups is 13. The molecule has 14 atom stereocenters. The van der Waals surface area contributed by atoms with Crippen LogP contribution >= 0.6 is 0 Å². The number of carboxylic acid groups (broad SMARTS) is 3. The second-order valence-corrected chi connectivity index (χ2v) is 23.2. The summed E-state index contributed by atoms with van der Waals surface area (Å²) in [6.45, 7) is 8.79. The third-order valence-electron chi connectivity index (χ3n) is 15.1. The minimum Gasteiger partial charge on any atom is -0.481 e. The number of guanidine groups is 1. The molecule has 0 aromatic heterocycles. The summed E-state index contributed by atoms with van der Waals surface area (Å²) in [4.78, 5) is 179. The van der Waals surface area contributed by atoms with Crippen molar-refractivity contribution in [3.05, 3.63) is 71.8 Å². The number of carboxylic acids is 3. The number of aliphatic hydroxyl groups is 3. The second-order valence-electron chi connectivity index (χ2n) is 23.2. The lowest BCUT2D eigenvalue weighted by atomic mass is 9.96. The van der Waals surface area contributed by atoms with E-state index >= 15 is 0 Å². The van der Waals surface area contributed by atoms with Crippen molar-refractivity contribution in [1.82, 2.24) is 53.2 Å². The third-order valence-corrected chi connectivity index (χ3v) is 15.1. The molecular weight excluding hydrogens is 1230 g/mol. The van der Waals surface area contributed by atoms with Gasteiger partial charge < -0.3 is 101 Å². The summed E-state index contributed by atoms with van der Waals surface area (Å²) in [5.74, 6) is -17.0. The van der Waals surface area contributed by atoms with Gasteiger partial charge in [0.15, 0.2) is 5.96 Å². The van der Waals surface area contributed by atoms with Gasteiger partial charge in [0.2, 0.25) is 59.1 Å². The van der Waals surface area contributed by atoms with Gasteiger partial charge in [-0.15, -0.1) is 0 Å². The van der Waals surface area contributed by atoms with Crippen LogP contribution < -0.4 is 70.4 Å². The largest absolute Gasteiger partial charge is 0.481 e. The molecule has 2 aromatic rings. The number of aliphatic carboxylic acids is 3. The van der Waals surface area contributed by atoms with Crippen LogP contribution in [0, 0.1) is 17.8 Å². The van der Waals surface area contributed by atoms with Crippen LogP contribution in [0.1, 0.15) is 111 Å². The molecule has 2 aromatic carbocycles. The number of hydrogen-bond acceptors (Lipinski definition) is 18. The standard InChI is InChI=1S/C61H94N14O19/c1-8-32(5)47(62)57(90)67-38(22-23-45(79)80)51(84)74-48(33(6)9-2)58(91)69-40(26-35-17-12-10-13-18-35)54(87)75-49(34(7)78)59(92)70-41(28-46(81)82)53(86)68-39(25-31(3)4)52(85)72-44(30-77)56(89)73-43(29-76)55(88)66-37(21-16-24-65-61(63)64)50(83)71-42(60(93)94)27-36-19-14-11-15-20-36/h10-15,17-20,31-34,37-44,47-49,76-78H,8-9,16,21-30,62H2,1-7H3,(H,66,88)(H,67,90)(H,68,86)(H,69,91)(H,70,92)(H,71,83)(H,72,85)(H,73,89)(H,74,84)(H,75,87)(H,79,80)(H,81,82)(H,93,94)(H4,63,64,65)/t32-,33-,34+,37-,38-,39-,40-,41-,42-,43-,44-,47-,48-,49-/m0/s1. The van der Waals surface area contributed by atoms with E-state index < -0.39 is 187 Å². The zero-order chi connectivity index (χ0) is 70.9. The zero-order valence-corrected chi connectivity index (χ0v) is 53.8.